The third kappa shape index (κ3) is 5.15. The fraction of sp³-hybridized carbons (Fsp3) is 0.217. The minimum atomic E-state index is -0.396. The van der Waals surface area contributed by atoms with Gasteiger partial charge in [-0.25, -0.2) is 4.39 Å². The van der Waals surface area contributed by atoms with E-state index >= 15 is 0 Å². The van der Waals surface area contributed by atoms with E-state index in [1.54, 1.807) is 19.2 Å². The molecule has 0 unspecified atom stereocenters. The Morgan fingerprint density at radius 3 is 2.52 bits per heavy atom. The van der Waals surface area contributed by atoms with Crippen LogP contribution in [0.5, 0.6) is 23.0 Å². The van der Waals surface area contributed by atoms with Crippen molar-refractivity contribution < 1.29 is 23.3 Å². The zero-order valence-electron chi connectivity index (χ0n) is 16.7. The monoisotopic (exact) mass is 463 g/mol. The van der Waals surface area contributed by atoms with Crippen LogP contribution < -0.4 is 24.3 Å². The highest BCUT2D eigenvalue weighted by Gasteiger charge is 2.14. The van der Waals surface area contributed by atoms with E-state index in [0.717, 1.165) is 22.6 Å². The first-order valence-electron chi connectivity index (χ1n) is 9.56. The quantitative estimate of drug-likeness (QED) is 0.461. The number of hydrogen-bond acceptors (Lipinski definition) is 5. The molecule has 0 spiro atoms. The maximum absolute atomic E-state index is 13.2. The van der Waals surface area contributed by atoms with E-state index in [1.165, 1.54) is 12.1 Å². The molecule has 0 saturated heterocycles. The largest absolute Gasteiger partial charge is 0.493 e. The lowest BCUT2D eigenvalue weighted by atomic mass is 10.1. The van der Waals surface area contributed by atoms with Gasteiger partial charge in [-0.05, 0) is 41.5 Å². The molecule has 0 aromatic heterocycles. The molecule has 5 nitrogen and oxygen atoms in total. The van der Waals surface area contributed by atoms with Crippen molar-refractivity contribution in [2.45, 2.75) is 19.7 Å². The zero-order valence-corrected chi connectivity index (χ0v) is 18.2. The molecule has 0 fully saturated rings. The topological polar surface area (TPSA) is 49.0 Å². The highest BCUT2D eigenvalue weighted by Crippen LogP contribution is 2.35. The summed E-state index contributed by atoms with van der Waals surface area (Å²) in [6, 6.07) is 13.5. The highest BCUT2D eigenvalue weighted by atomic mass is 35.5. The van der Waals surface area contributed by atoms with Crippen molar-refractivity contribution in [1.29, 1.82) is 0 Å². The number of rotatable bonds is 8. The van der Waals surface area contributed by atoms with Gasteiger partial charge in [-0.2, -0.15) is 0 Å². The van der Waals surface area contributed by atoms with Gasteiger partial charge < -0.3 is 24.3 Å². The van der Waals surface area contributed by atoms with Crippen molar-refractivity contribution in [3.63, 3.8) is 0 Å². The summed E-state index contributed by atoms with van der Waals surface area (Å²) in [5, 5.41) is 4.20. The Morgan fingerprint density at radius 2 is 1.71 bits per heavy atom. The van der Waals surface area contributed by atoms with Crippen molar-refractivity contribution in [2.75, 3.05) is 13.9 Å². The van der Waals surface area contributed by atoms with Crippen LogP contribution in [0.1, 0.15) is 16.7 Å². The van der Waals surface area contributed by atoms with E-state index in [0.29, 0.717) is 40.2 Å². The molecule has 31 heavy (non-hydrogen) atoms. The van der Waals surface area contributed by atoms with Gasteiger partial charge in [0.25, 0.3) is 0 Å². The normalized spacial score (nSPS) is 12.1. The lowest BCUT2D eigenvalue weighted by Crippen LogP contribution is -2.13. The van der Waals surface area contributed by atoms with E-state index in [2.05, 4.69) is 5.32 Å². The Labute approximate surface area is 189 Å². The molecule has 8 heteroatoms. The minimum Gasteiger partial charge on any atom is -0.493 e. The van der Waals surface area contributed by atoms with Crippen LogP contribution in [-0.4, -0.2) is 13.9 Å². The second kappa shape index (κ2) is 9.64. The van der Waals surface area contributed by atoms with Crippen LogP contribution in [0.3, 0.4) is 0 Å². The van der Waals surface area contributed by atoms with Gasteiger partial charge >= 0.3 is 0 Å². The summed E-state index contributed by atoms with van der Waals surface area (Å²) in [7, 11) is 1.56. The molecular formula is C23H20Cl2FNO4. The predicted octanol–water partition coefficient (Wildman–Crippen LogP) is 5.74. The van der Waals surface area contributed by atoms with Crippen molar-refractivity contribution >= 4 is 23.2 Å². The van der Waals surface area contributed by atoms with E-state index in [-0.39, 0.29) is 13.4 Å². The number of halogens is 3. The smallest absolute Gasteiger partial charge is 0.231 e. The number of nitrogens with one attached hydrogen (secondary N) is 1. The molecule has 1 aliphatic rings. The van der Waals surface area contributed by atoms with Gasteiger partial charge in [0.1, 0.15) is 12.4 Å². The Hall–Kier alpha value is -2.67. The molecule has 0 atom stereocenters. The molecule has 3 aromatic carbocycles. The van der Waals surface area contributed by atoms with Crippen LogP contribution in [0, 0.1) is 5.82 Å². The lowest BCUT2D eigenvalue weighted by molar-refractivity contribution is 0.174. The molecule has 0 radical (unpaired) electrons. The van der Waals surface area contributed by atoms with E-state index in [1.807, 2.05) is 24.3 Å². The standard InChI is InChI=1S/C23H20Cl2FNO4/c1-28-21-7-16(11-27-10-14-2-5-20-22(6-14)31-13-30-20)19(25)9-23(21)29-12-15-3-4-17(26)8-18(15)24/h2-9,27H,10-13H2,1H3. The molecule has 162 valence electrons. The third-order valence-electron chi connectivity index (χ3n) is 4.81. The van der Waals surface area contributed by atoms with Crippen molar-refractivity contribution in [2.24, 2.45) is 0 Å². The maximum atomic E-state index is 13.2. The summed E-state index contributed by atoms with van der Waals surface area (Å²) in [6.07, 6.45) is 0. The van der Waals surface area contributed by atoms with Gasteiger partial charge in [0, 0.05) is 29.7 Å². The van der Waals surface area contributed by atoms with Crippen LogP contribution in [0.25, 0.3) is 0 Å². The minimum absolute atomic E-state index is 0.160. The molecule has 1 N–H and O–H groups in total. The van der Waals surface area contributed by atoms with Crippen molar-refractivity contribution in [3.8, 4) is 23.0 Å². The number of methoxy groups -OCH3 is 1. The molecule has 0 amide bonds. The molecule has 3 aromatic rings. The van der Waals surface area contributed by atoms with Crippen molar-refractivity contribution in [1.82, 2.24) is 5.32 Å². The molecule has 0 saturated carbocycles. The first-order chi connectivity index (χ1) is 15.0. The Balaban J connectivity index is 1.39. The summed E-state index contributed by atoms with van der Waals surface area (Å²) in [5.41, 5.74) is 2.60. The first-order valence-corrected chi connectivity index (χ1v) is 10.3. The number of hydrogen-bond donors (Lipinski definition) is 1. The highest BCUT2D eigenvalue weighted by molar-refractivity contribution is 6.31. The number of benzene rings is 3. The summed E-state index contributed by atoms with van der Waals surface area (Å²) in [6.45, 7) is 1.58. The fourth-order valence-electron chi connectivity index (χ4n) is 3.17. The summed E-state index contributed by atoms with van der Waals surface area (Å²) >= 11 is 12.5. The maximum Gasteiger partial charge on any atom is 0.231 e. The number of ether oxygens (including phenoxy) is 4. The van der Waals surface area contributed by atoms with E-state index < -0.39 is 5.82 Å². The van der Waals surface area contributed by atoms with Gasteiger partial charge in [0.05, 0.1) is 12.1 Å². The Morgan fingerprint density at radius 1 is 0.903 bits per heavy atom. The van der Waals surface area contributed by atoms with Gasteiger partial charge in [-0.15, -0.1) is 0 Å². The predicted molar refractivity (Wildman–Crippen MR) is 117 cm³/mol. The summed E-state index contributed by atoms with van der Waals surface area (Å²) in [5.74, 6) is 2.14. The summed E-state index contributed by atoms with van der Waals surface area (Å²) in [4.78, 5) is 0. The molecule has 1 heterocycles. The average molecular weight is 464 g/mol. The lowest BCUT2D eigenvalue weighted by Gasteiger charge is -2.15. The third-order valence-corrected chi connectivity index (χ3v) is 5.52. The van der Waals surface area contributed by atoms with Gasteiger partial charge in [0.15, 0.2) is 23.0 Å². The van der Waals surface area contributed by atoms with Crippen molar-refractivity contribution in [3.05, 3.63) is 81.1 Å². The molecule has 1 aliphatic heterocycles. The van der Waals surface area contributed by atoms with E-state index in [4.69, 9.17) is 42.1 Å². The first kappa shape index (κ1) is 21.6. The second-order valence-electron chi connectivity index (χ2n) is 6.91. The van der Waals surface area contributed by atoms with Crippen LogP contribution in [0.2, 0.25) is 10.0 Å². The molecule has 0 bridgehead atoms. The summed E-state index contributed by atoms with van der Waals surface area (Å²) < 4.78 is 35.2. The van der Waals surface area contributed by atoms with Gasteiger partial charge in [-0.1, -0.05) is 35.3 Å². The Kier molecular flexibility index (Phi) is 6.70. The molecule has 4 rings (SSSR count). The molecule has 0 aliphatic carbocycles. The second-order valence-corrected chi connectivity index (χ2v) is 7.72. The number of fused-ring (bicyclic) bond motifs is 1. The molecular weight excluding hydrogens is 444 g/mol. The Bertz CT molecular complexity index is 1090. The van der Waals surface area contributed by atoms with Gasteiger partial charge in [0.2, 0.25) is 6.79 Å². The van der Waals surface area contributed by atoms with Gasteiger partial charge in [-0.3, -0.25) is 0 Å². The van der Waals surface area contributed by atoms with Crippen LogP contribution in [0.15, 0.2) is 48.5 Å². The van der Waals surface area contributed by atoms with Crippen LogP contribution >= 0.6 is 23.2 Å². The SMILES string of the molecule is COc1cc(CNCc2ccc3c(c2)OCO3)c(Cl)cc1OCc1ccc(F)cc1Cl. The van der Waals surface area contributed by atoms with Crippen LogP contribution in [-0.2, 0) is 19.7 Å². The zero-order chi connectivity index (χ0) is 21.8. The average Bonchev–Trinajstić information content (AvgIpc) is 3.22. The van der Waals surface area contributed by atoms with Crippen LogP contribution in [0.4, 0.5) is 4.39 Å². The fourth-order valence-corrected chi connectivity index (χ4v) is 3.61. The van der Waals surface area contributed by atoms with E-state index in [9.17, 15) is 4.39 Å².